The molecule has 2 nitrogen and oxygen atoms in total. The summed E-state index contributed by atoms with van der Waals surface area (Å²) < 4.78 is 51.9. The van der Waals surface area contributed by atoms with Gasteiger partial charge in [-0.15, -0.1) is 0 Å². The quantitative estimate of drug-likeness (QED) is 0.859. The Morgan fingerprint density at radius 1 is 1.24 bits per heavy atom. The molecule has 0 radical (unpaired) electrons. The second kappa shape index (κ2) is 6.75. The van der Waals surface area contributed by atoms with Crippen LogP contribution in [0.2, 0.25) is 0 Å². The highest BCUT2D eigenvalue weighted by Crippen LogP contribution is 2.33. The second-order valence-corrected chi connectivity index (χ2v) is 5.58. The van der Waals surface area contributed by atoms with Crippen molar-refractivity contribution in [1.82, 2.24) is 10.2 Å². The molecule has 1 aliphatic rings. The van der Waals surface area contributed by atoms with E-state index in [9.17, 15) is 17.6 Å². The van der Waals surface area contributed by atoms with Gasteiger partial charge in [0.15, 0.2) is 0 Å². The van der Waals surface area contributed by atoms with E-state index in [1.165, 1.54) is 6.07 Å². The number of nitrogens with zero attached hydrogens (tertiary/aromatic N) is 1. The average Bonchev–Trinajstić information content (AvgIpc) is 2.42. The number of hydrogen-bond acceptors (Lipinski definition) is 2. The topological polar surface area (TPSA) is 15.3 Å². The fraction of sp³-hybridized carbons (Fsp3) is 0.600. The molecule has 1 aromatic rings. The zero-order valence-corrected chi connectivity index (χ0v) is 12.0. The van der Waals surface area contributed by atoms with Gasteiger partial charge in [0, 0.05) is 6.54 Å². The molecule has 2 rings (SSSR count). The molecule has 6 heteroatoms. The number of alkyl halides is 3. The Bertz CT molecular complexity index is 465. The number of benzene rings is 1. The lowest BCUT2D eigenvalue weighted by atomic mass is 9.96. The van der Waals surface area contributed by atoms with Gasteiger partial charge in [0.2, 0.25) is 0 Å². The zero-order chi connectivity index (χ0) is 15.5. The lowest BCUT2D eigenvalue weighted by Crippen LogP contribution is -2.36. The van der Waals surface area contributed by atoms with Crippen LogP contribution in [0.5, 0.6) is 0 Å². The predicted octanol–water partition coefficient (Wildman–Crippen LogP) is 3.28. The van der Waals surface area contributed by atoms with E-state index in [0.717, 1.165) is 38.5 Å². The van der Waals surface area contributed by atoms with Gasteiger partial charge in [0.25, 0.3) is 0 Å². The maximum Gasteiger partial charge on any atom is 0.416 e. The van der Waals surface area contributed by atoms with Crippen LogP contribution in [0.1, 0.15) is 24.0 Å². The van der Waals surface area contributed by atoms with Crippen molar-refractivity contribution in [2.24, 2.45) is 5.92 Å². The minimum atomic E-state index is -4.51. The molecular weight excluding hydrogens is 284 g/mol. The normalized spacial score (nSPS) is 18.1. The molecular formula is C15H20F4N2. The molecule has 1 aromatic carbocycles. The van der Waals surface area contributed by atoms with Crippen molar-refractivity contribution in [2.45, 2.75) is 25.6 Å². The van der Waals surface area contributed by atoms with Crippen LogP contribution in [0.3, 0.4) is 0 Å². The van der Waals surface area contributed by atoms with Gasteiger partial charge in [-0.1, -0.05) is 6.07 Å². The maximum atomic E-state index is 13.1. The smallest absolute Gasteiger partial charge is 0.319 e. The predicted molar refractivity (Wildman–Crippen MR) is 73.3 cm³/mol. The molecule has 118 valence electrons. The second-order valence-electron chi connectivity index (χ2n) is 5.58. The summed E-state index contributed by atoms with van der Waals surface area (Å²) in [5.41, 5.74) is -0.712. The third-order valence-corrected chi connectivity index (χ3v) is 3.97. The zero-order valence-electron chi connectivity index (χ0n) is 12.0. The molecule has 0 bridgehead atoms. The SMILES string of the molecule is CNCC1CCN(Cc2ccc(F)cc2C(F)(F)F)CC1. The number of likely N-dealkylation sites (tertiary alicyclic amines) is 1. The molecule has 0 unspecified atom stereocenters. The number of hydrogen-bond donors (Lipinski definition) is 1. The van der Waals surface area contributed by atoms with Gasteiger partial charge in [-0.05, 0) is 63.1 Å². The first-order valence-electron chi connectivity index (χ1n) is 7.12. The molecule has 0 atom stereocenters. The van der Waals surface area contributed by atoms with Crippen LogP contribution in [-0.2, 0) is 12.7 Å². The first kappa shape index (κ1) is 16.2. The van der Waals surface area contributed by atoms with Gasteiger partial charge in [0.1, 0.15) is 5.82 Å². The molecule has 1 saturated heterocycles. The van der Waals surface area contributed by atoms with Crippen molar-refractivity contribution in [3.05, 3.63) is 35.1 Å². The Labute approximate surface area is 122 Å². The van der Waals surface area contributed by atoms with Gasteiger partial charge in [-0.25, -0.2) is 4.39 Å². The van der Waals surface area contributed by atoms with Crippen molar-refractivity contribution in [2.75, 3.05) is 26.7 Å². The number of rotatable bonds is 4. The van der Waals surface area contributed by atoms with Crippen LogP contribution >= 0.6 is 0 Å². The lowest BCUT2D eigenvalue weighted by molar-refractivity contribution is -0.138. The summed E-state index contributed by atoms with van der Waals surface area (Å²) in [6.45, 7) is 2.72. The van der Waals surface area contributed by atoms with E-state index in [1.54, 1.807) is 0 Å². The van der Waals surface area contributed by atoms with Gasteiger partial charge in [-0.3, -0.25) is 4.90 Å². The summed E-state index contributed by atoms with van der Waals surface area (Å²) in [6.07, 6.45) is -2.56. The van der Waals surface area contributed by atoms with E-state index in [0.29, 0.717) is 12.0 Å². The van der Waals surface area contributed by atoms with Gasteiger partial charge in [-0.2, -0.15) is 13.2 Å². The summed E-state index contributed by atoms with van der Waals surface area (Å²) >= 11 is 0. The summed E-state index contributed by atoms with van der Waals surface area (Å²) in [5.74, 6) is -0.264. The molecule has 0 aromatic heterocycles. The number of piperidine rings is 1. The number of halogens is 4. The van der Waals surface area contributed by atoms with Crippen molar-refractivity contribution >= 4 is 0 Å². The van der Waals surface area contributed by atoms with Crippen LogP contribution in [-0.4, -0.2) is 31.6 Å². The van der Waals surface area contributed by atoms with Crippen LogP contribution in [0.4, 0.5) is 17.6 Å². The molecule has 0 aliphatic carbocycles. The van der Waals surface area contributed by atoms with E-state index >= 15 is 0 Å². The van der Waals surface area contributed by atoms with E-state index in [2.05, 4.69) is 5.32 Å². The summed E-state index contributed by atoms with van der Waals surface area (Å²) in [7, 11) is 1.90. The Morgan fingerprint density at radius 2 is 1.90 bits per heavy atom. The van der Waals surface area contributed by atoms with Crippen molar-refractivity contribution in [3.8, 4) is 0 Å². The van der Waals surface area contributed by atoms with Crippen LogP contribution in [0.15, 0.2) is 18.2 Å². The molecule has 1 fully saturated rings. The maximum absolute atomic E-state index is 13.1. The van der Waals surface area contributed by atoms with Crippen LogP contribution in [0, 0.1) is 11.7 Å². The Balaban J connectivity index is 2.04. The van der Waals surface area contributed by atoms with E-state index in [4.69, 9.17) is 0 Å². The molecule has 21 heavy (non-hydrogen) atoms. The van der Waals surface area contributed by atoms with Crippen molar-refractivity contribution in [3.63, 3.8) is 0 Å². The van der Waals surface area contributed by atoms with E-state index in [1.807, 2.05) is 11.9 Å². The van der Waals surface area contributed by atoms with Gasteiger partial charge in [0.05, 0.1) is 5.56 Å². The summed E-state index contributed by atoms with van der Waals surface area (Å²) in [4.78, 5) is 2.01. The van der Waals surface area contributed by atoms with Gasteiger partial charge >= 0.3 is 6.18 Å². The standard InChI is InChI=1S/C15H20F4N2/c1-20-9-11-4-6-21(7-5-11)10-12-2-3-13(16)8-14(12)15(17,18)19/h2-3,8,11,20H,4-7,9-10H2,1H3. The van der Waals surface area contributed by atoms with Crippen LogP contribution in [0.25, 0.3) is 0 Å². The molecule has 0 saturated carbocycles. The molecule has 0 spiro atoms. The fourth-order valence-corrected chi connectivity index (χ4v) is 2.83. The summed E-state index contributed by atoms with van der Waals surface area (Å²) in [6, 6.07) is 2.93. The third kappa shape index (κ3) is 4.41. The highest BCUT2D eigenvalue weighted by Gasteiger charge is 2.34. The Morgan fingerprint density at radius 3 is 2.48 bits per heavy atom. The van der Waals surface area contributed by atoms with E-state index < -0.39 is 17.6 Å². The Kier molecular flexibility index (Phi) is 5.22. The van der Waals surface area contributed by atoms with Crippen molar-refractivity contribution < 1.29 is 17.6 Å². The molecule has 1 aliphatic heterocycles. The molecule has 0 amide bonds. The minimum absolute atomic E-state index is 0.149. The fourth-order valence-electron chi connectivity index (χ4n) is 2.83. The highest BCUT2D eigenvalue weighted by atomic mass is 19.4. The largest absolute Gasteiger partial charge is 0.416 e. The van der Waals surface area contributed by atoms with Crippen molar-refractivity contribution in [1.29, 1.82) is 0 Å². The van der Waals surface area contributed by atoms with Crippen LogP contribution < -0.4 is 5.32 Å². The molecule has 1 N–H and O–H groups in total. The van der Waals surface area contributed by atoms with E-state index in [-0.39, 0.29) is 12.1 Å². The first-order chi connectivity index (χ1) is 9.90. The molecule has 1 heterocycles. The summed E-state index contributed by atoms with van der Waals surface area (Å²) in [5, 5.41) is 3.13. The highest BCUT2D eigenvalue weighted by molar-refractivity contribution is 5.30. The first-order valence-corrected chi connectivity index (χ1v) is 7.12. The monoisotopic (exact) mass is 304 g/mol. The minimum Gasteiger partial charge on any atom is -0.319 e. The third-order valence-electron chi connectivity index (χ3n) is 3.97. The van der Waals surface area contributed by atoms with Gasteiger partial charge < -0.3 is 5.32 Å². The number of nitrogens with one attached hydrogen (secondary N) is 1. The lowest BCUT2D eigenvalue weighted by Gasteiger charge is -2.32. The Hall–Kier alpha value is -1.14. The average molecular weight is 304 g/mol.